The number of aliphatic carboxylic acids is 2. The minimum atomic E-state index is -1.64. The van der Waals surface area contributed by atoms with E-state index in [9.17, 15) is 14.4 Å². The summed E-state index contributed by atoms with van der Waals surface area (Å²) in [5, 5.41) is 25.3. The number of ether oxygens (including phenoxy) is 1. The maximum Gasteiger partial charge on any atom is 0.510 e. The predicted octanol–water partition coefficient (Wildman–Crippen LogP) is 1.07. The molecular weight excluding hydrogens is 220 g/mol. The topological polar surface area (TPSA) is 121 Å². The number of hydrogen-bond acceptors (Lipinski definition) is 4. The summed E-state index contributed by atoms with van der Waals surface area (Å²) in [7, 11) is 0. The van der Waals surface area contributed by atoms with E-state index in [4.69, 9.17) is 15.3 Å². The molecule has 0 bridgehead atoms. The van der Waals surface area contributed by atoms with E-state index in [1.807, 2.05) is 0 Å². The van der Waals surface area contributed by atoms with Gasteiger partial charge in [0.25, 0.3) is 0 Å². The zero-order valence-electron chi connectivity index (χ0n) is 8.34. The van der Waals surface area contributed by atoms with Crippen molar-refractivity contribution in [3.8, 4) is 0 Å². The highest BCUT2D eigenvalue weighted by molar-refractivity contribution is 5.88. The second-order valence-electron chi connectivity index (χ2n) is 2.73. The van der Waals surface area contributed by atoms with Crippen molar-refractivity contribution in [2.75, 3.05) is 0 Å². The van der Waals surface area contributed by atoms with Gasteiger partial charge < -0.3 is 20.1 Å². The highest BCUT2D eigenvalue weighted by Gasteiger charge is 2.09. The first kappa shape index (κ1) is 13.7. The molecule has 0 rings (SSSR count). The van der Waals surface area contributed by atoms with Gasteiger partial charge in [-0.15, -0.1) is 0 Å². The molecule has 16 heavy (non-hydrogen) atoms. The van der Waals surface area contributed by atoms with Crippen LogP contribution in [0.3, 0.4) is 0 Å². The average Bonchev–Trinajstić information content (AvgIpc) is 2.15. The Balaban J connectivity index is 4.65. The van der Waals surface area contributed by atoms with E-state index >= 15 is 0 Å². The van der Waals surface area contributed by atoms with Crippen molar-refractivity contribution >= 4 is 18.1 Å². The highest BCUT2D eigenvalue weighted by Crippen LogP contribution is 2.06. The van der Waals surface area contributed by atoms with Crippen molar-refractivity contribution in [1.82, 2.24) is 0 Å². The van der Waals surface area contributed by atoms with E-state index < -0.39 is 18.1 Å². The number of hydrogen-bond donors (Lipinski definition) is 3. The van der Waals surface area contributed by atoms with E-state index in [-0.39, 0.29) is 17.6 Å². The number of rotatable bonds is 5. The van der Waals surface area contributed by atoms with E-state index in [1.165, 1.54) is 6.92 Å². The van der Waals surface area contributed by atoms with E-state index in [2.05, 4.69) is 4.74 Å². The summed E-state index contributed by atoms with van der Waals surface area (Å²) in [5.41, 5.74) is -0.398. The van der Waals surface area contributed by atoms with Crippen LogP contribution >= 0.6 is 0 Å². The van der Waals surface area contributed by atoms with Crippen molar-refractivity contribution in [1.29, 1.82) is 0 Å². The monoisotopic (exact) mass is 230 g/mol. The summed E-state index contributed by atoms with van der Waals surface area (Å²) in [4.78, 5) is 31.0. The first-order chi connectivity index (χ1) is 7.34. The van der Waals surface area contributed by atoms with Crippen LogP contribution in [-0.4, -0.2) is 33.4 Å². The van der Waals surface area contributed by atoms with Crippen LogP contribution in [0.15, 0.2) is 23.5 Å². The minimum absolute atomic E-state index is 0.0394. The second kappa shape index (κ2) is 6.23. The molecule has 0 amide bonds. The normalized spacial score (nSPS) is 12.1. The fourth-order valence-corrected chi connectivity index (χ4v) is 0.658. The van der Waals surface area contributed by atoms with Crippen molar-refractivity contribution < 1.29 is 34.4 Å². The van der Waals surface area contributed by atoms with Gasteiger partial charge in [-0.1, -0.05) is 6.08 Å². The van der Waals surface area contributed by atoms with Crippen LogP contribution in [0.1, 0.15) is 13.3 Å². The molecule has 0 aromatic carbocycles. The SMILES string of the molecule is CC(=CCC(=COC(=O)O)C(=O)O)C(=O)O. The van der Waals surface area contributed by atoms with Gasteiger partial charge in [0.15, 0.2) is 0 Å². The third-order valence-electron chi connectivity index (χ3n) is 1.54. The summed E-state index contributed by atoms with van der Waals surface area (Å²) in [6.07, 6.45) is -0.178. The lowest BCUT2D eigenvalue weighted by Crippen LogP contribution is -2.04. The van der Waals surface area contributed by atoms with Crippen LogP contribution < -0.4 is 0 Å². The molecule has 0 unspecified atom stereocenters. The van der Waals surface area contributed by atoms with Gasteiger partial charge in [0, 0.05) is 12.0 Å². The first-order valence-electron chi connectivity index (χ1n) is 4.06. The van der Waals surface area contributed by atoms with Gasteiger partial charge in [0.2, 0.25) is 0 Å². The Morgan fingerprint density at radius 2 is 1.69 bits per heavy atom. The molecule has 0 aliphatic rings. The second-order valence-corrected chi connectivity index (χ2v) is 2.73. The molecule has 0 radical (unpaired) electrons. The predicted molar refractivity (Wildman–Crippen MR) is 50.8 cm³/mol. The maximum absolute atomic E-state index is 10.6. The Morgan fingerprint density at radius 3 is 2.06 bits per heavy atom. The highest BCUT2D eigenvalue weighted by atomic mass is 16.7. The van der Waals surface area contributed by atoms with Crippen LogP contribution in [0.5, 0.6) is 0 Å². The van der Waals surface area contributed by atoms with Crippen molar-refractivity contribution in [3.63, 3.8) is 0 Å². The number of carbonyl (C=O) groups is 3. The lowest BCUT2D eigenvalue weighted by molar-refractivity contribution is -0.134. The third-order valence-corrected chi connectivity index (χ3v) is 1.54. The Bertz CT molecular complexity index is 364. The Labute approximate surface area is 90.3 Å². The Hall–Kier alpha value is -2.31. The molecule has 0 spiro atoms. The summed E-state index contributed by atoms with van der Waals surface area (Å²) < 4.78 is 3.96. The number of allylic oxidation sites excluding steroid dienone is 1. The van der Waals surface area contributed by atoms with Gasteiger partial charge in [0.1, 0.15) is 6.26 Å². The molecule has 0 saturated carbocycles. The molecule has 0 fully saturated rings. The zero-order valence-corrected chi connectivity index (χ0v) is 8.34. The van der Waals surface area contributed by atoms with Gasteiger partial charge in [-0.2, -0.15) is 0 Å². The lowest BCUT2D eigenvalue weighted by Gasteiger charge is -1.98. The minimum Gasteiger partial charge on any atom is -0.478 e. The molecule has 0 aromatic heterocycles. The quantitative estimate of drug-likeness (QED) is 0.367. The number of carboxylic acids is 2. The molecule has 0 aliphatic heterocycles. The fraction of sp³-hybridized carbons (Fsp3) is 0.222. The summed E-state index contributed by atoms with van der Waals surface area (Å²) >= 11 is 0. The van der Waals surface area contributed by atoms with Crippen LogP contribution in [0, 0.1) is 0 Å². The molecule has 88 valence electrons. The van der Waals surface area contributed by atoms with Crippen LogP contribution in [0.2, 0.25) is 0 Å². The molecule has 0 aromatic rings. The van der Waals surface area contributed by atoms with Gasteiger partial charge in [-0.05, 0) is 6.92 Å². The van der Waals surface area contributed by atoms with E-state index in [0.717, 1.165) is 6.08 Å². The molecule has 0 saturated heterocycles. The van der Waals surface area contributed by atoms with Crippen molar-refractivity contribution in [2.45, 2.75) is 13.3 Å². The summed E-state index contributed by atoms with van der Waals surface area (Å²) in [5.74, 6) is -2.56. The van der Waals surface area contributed by atoms with Crippen LogP contribution in [-0.2, 0) is 14.3 Å². The van der Waals surface area contributed by atoms with Crippen LogP contribution in [0.25, 0.3) is 0 Å². The lowest BCUT2D eigenvalue weighted by atomic mass is 10.1. The van der Waals surface area contributed by atoms with E-state index in [1.54, 1.807) is 0 Å². The number of carboxylic acid groups (broad SMARTS) is 3. The smallest absolute Gasteiger partial charge is 0.478 e. The summed E-state index contributed by atoms with van der Waals surface area (Å²) in [6, 6.07) is 0. The van der Waals surface area contributed by atoms with E-state index in [0.29, 0.717) is 6.26 Å². The van der Waals surface area contributed by atoms with Gasteiger partial charge in [0.05, 0.1) is 5.57 Å². The zero-order chi connectivity index (χ0) is 12.7. The average molecular weight is 230 g/mol. The van der Waals surface area contributed by atoms with Gasteiger partial charge >= 0.3 is 18.1 Å². The Kier molecular flexibility index (Phi) is 5.33. The first-order valence-corrected chi connectivity index (χ1v) is 4.06. The molecule has 0 heterocycles. The standard InChI is InChI=1S/C9H10O7/c1-5(7(10)11)2-3-6(8(12)13)4-16-9(14)15/h2,4H,3H2,1H3,(H,10,11)(H,12,13)(H,14,15). The van der Waals surface area contributed by atoms with Gasteiger partial charge in [-0.25, -0.2) is 14.4 Å². The largest absolute Gasteiger partial charge is 0.510 e. The third kappa shape index (κ3) is 5.43. The Morgan fingerprint density at radius 1 is 1.12 bits per heavy atom. The van der Waals surface area contributed by atoms with Crippen molar-refractivity contribution in [2.24, 2.45) is 0 Å². The molecule has 0 aliphatic carbocycles. The molecular formula is C9H10O7. The molecule has 0 atom stereocenters. The summed E-state index contributed by atoms with van der Waals surface area (Å²) in [6.45, 7) is 1.29. The van der Waals surface area contributed by atoms with Crippen molar-refractivity contribution in [3.05, 3.63) is 23.5 Å². The molecule has 7 heteroatoms. The maximum atomic E-state index is 10.6. The van der Waals surface area contributed by atoms with Gasteiger partial charge in [-0.3, -0.25) is 0 Å². The molecule has 3 N–H and O–H groups in total. The van der Waals surface area contributed by atoms with Crippen LogP contribution in [0.4, 0.5) is 4.79 Å². The molecule has 7 nitrogen and oxygen atoms in total. The fourth-order valence-electron chi connectivity index (χ4n) is 0.658.